The topological polar surface area (TPSA) is 102 Å². The number of rotatable bonds is 6. The largest absolute Gasteiger partial charge is 0.468 e. The Hall–Kier alpha value is -2.71. The van der Waals surface area contributed by atoms with Gasteiger partial charge in [-0.05, 0) is 29.8 Å². The summed E-state index contributed by atoms with van der Waals surface area (Å²) < 4.78 is 32.2. The van der Waals surface area contributed by atoms with Crippen molar-refractivity contribution in [2.45, 2.75) is 17.9 Å². The molecule has 25 heavy (non-hydrogen) atoms. The molecule has 2 rings (SSSR count). The number of sulfonamides is 1. The lowest BCUT2D eigenvalue weighted by molar-refractivity contribution is -0.142. The monoisotopic (exact) mass is 362 g/mol. The third kappa shape index (κ3) is 4.88. The van der Waals surface area contributed by atoms with Crippen LogP contribution in [0.3, 0.4) is 0 Å². The zero-order chi connectivity index (χ0) is 18.4. The number of methoxy groups -OCH3 is 1. The van der Waals surface area contributed by atoms with E-state index in [9.17, 15) is 18.0 Å². The quantitative estimate of drug-likeness (QED) is 0.764. The van der Waals surface area contributed by atoms with Gasteiger partial charge >= 0.3 is 5.97 Å². The maximum Gasteiger partial charge on any atom is 0.328 e. The molecule has 0 saturated carbocycles. The van der Waals surface area contributed by atoms with E-state index >= 15 is 0 Å². The van der Waals surface area contributed by atoms with Crippen LogP contribution < -0.4 is 10.0 Å². The Balaban J connectivity index is 2.28. The highest BCUT2D eigenvalue weighted by Gasteiger charge is 2.27. The SMILES string of the molecule is COC(=O)C(NS(=O)(=O)c1ccc(NC(C)=O)cc1)c1ccccc1. The second-order valence-electron chi connectivity index (χ2n) is 5.19. The van der Waals surface area contributed by atoms with Crippen LogP contribution in [0.25, 0.3) is 0 Å². The molecule has 2 aromatic carbocycles. The Bertz CT molecular complexity index is 848. The van der Waals surface area contributed by atoms with E-state index in [4.69, 9.17) is 4.74 Å². The van der Waals surface area contributed by atoms with Gasteiger partial charge in [-0.15, -0.1) is 0 Å². The summed E-state index contributed by atoms with van der Waals surface area (Å²) in [7, 11) is -2.78. The highest BCUT2D eigenvalue weighted by atomic mass is 32.2. The Kier molecular flexibility index (Phi) is 5.89. The molecule has 0 aliphatic heterocycles. The summed E-state index contributed by atoms with van der Waals surface area (Å²) in [5, 5.41) is 2.55. The Morgan fingerprint density at radius 3 is 2.12 bits per heavy atom. The summed E-state index contributed by atoms with van der Waals surface area (Å²) in [6.45, 7) is 1.35. The highest BCUT2D eigenvalue weighted by Crippen LogP contribution is 2.20. The number of carbonyl (C=O) groups is 2. The van der Waals surface area contributed by atoms with Crippen molar-refractivity contribution in [2.75, 3.05) is 12.4 Å². The molecule has 0 aliphatic carbocycles. The maximum absolute atomic E-state index is 12.6. The molecular formula is C17H18N2O5S. The van der Waals surface area contributed by atoms with Gasteiger partial charge < -0.3 is 10.1 Å². The number of benzene rings is 2. The standard InChI is InChI=1S/C17H18N2O5S/c1-12(20)18-14-8-10-15(11-9-14)25(22,23)19-16(17(21)24-2)13-6-4-3-5-7-13/h3-11,16,19H,1-2H3,(H,18,20). The Labute approximate surface area is 146 Å². The molecular weight excluding hydrogens is 344 g/mol. The van der Waals surface area contributed by atoms with Crippen LogP contribution in [0.1, 0.15) is 18.5 Å². The minimum atomic E-state index is -3.97. The van der Waals surface area contributed by atoms with Crippen LogP contribution in [0.5, 0.6) is 0 Å². The second-order valence-corrected chi connectivity index (χ2v) is 6.91. The van der Waals surface area contributed by atoms with E-state index in [1.165, 1.54) is 38.3 Å². The molecule has 0 bridgehead atoms. The van der Waals surface area contributed by atoms with Gasteiger partial charge in [0.25, 0.3) is 0 Å². The van der Waals surface area contributed by atoms with E-state index in [1.807, 2.05) is 0 Å². The van der Waals surface area contributed by atoms with Crippen molar-refractivity contribution >= 4 is 27.6 Å². The zero-order valence-corrected chi connectivity index (χ0v) is 14.5. The van der Waals surface area contributed by atoms with Crippen LogP contribution >= 0.6 is 0 Å². The molecule has 1 atom stereocenters. The van der Waals surface area contributed by atoms with E-state index in [0.717, 1.165) is 0 Å². The van der Waals surface area contributed by atoms with Gasteiger partial charge in [-0.25, -0.2) is 13.2 Å². The van der Waals surface area contributed by atoms with Crippen LogP contribution in [-0.2, 0) is 24.3 Å². The molecule has 1 amide bonds. The molecule has 132 valence electrons. The van der Waals surface area contributed by atoms with Gasteiger partial charge in [0.05, 0.1) is 12.0 Å². The number of anilines is 1. The van der Waals surface area contributed by atoms with Crippen LogP contribution in [0, 0.1) is 0 Å². The fourth-order valence-corrected chi connectivity index (χ4v) is 3.33. The molecule has 0 aromatic heterocycles. The van der Waals surface area contributed by atoms with E-state index in [0.29, 0.717) is 11.3 Å². The minimum Gasteiger partial charge on any atom is -0.468 e. The molecule has 0 radical (unpaired) electrons. The molecule has 8 heteroatoms. The van der Waals surface area contributed by atoms with Crippen molar-refractivity contribution in [3.8, 4) is 0 Å². The van der Waals surface area contributed by atoms with Gasteiger partial charge in [-0.3, -0.25) is 4.79 Å². The van der Waals surface area contributed by atoms with Crippen molar-refractivity contribution < 1.29 is 22.7 Å². The Morgan fingerprint density at radius 2 is 1.60 bits per heavy atom. The number of esters is 1. The van der Waals surface area contributed by atoms with Gasteiger partial charge in [-0.1, -0.05) is 30.3 Å². The predicted octanol–water partition coefficient (Wildman–Crippen LogP) is 1.84. The first-order valence-corrected chi connectivity index (χ1v) is 8.84. The molecule has 2 aromatic rings. The molecule has 0 fully saturated rings. The van der Waals surface area contributed by atoms with Gasteiger partial charge in [0.1, 0.15) is 6.04 Å². The molecule has 0 saturated heterocycles. The van der Waals surface area contributed by atoms with Gasteiger partial charge in [0.15, 0.2) is 0 Å². The summed E-state index contributed by atoms with van der Waals surface area (Å²) in [5.41, 5.74) is 0.937. The first-order valence-electron chi connectivity index (χ1n) is 7.36. The van der Waals surface area contributed by atoms with E-state index < -0.39 is 22.0 Å². The van der Waals surface area contributed by atoms with Crippen molar-refractivity contribution in [3.05, 3.63) is 60.2 Å². The van der Waals surface area contributed by atoms with Crippen molar-refractivity contribution in [2.24, 2.45) is 0 Å². The highest BCUT2D eigenvalue weighted by molar-refractivity contribution is 7.89. The van der Waals surface area contributed by atoms with E-state index in [1.54, 1.807) is 30.3 Å². The van der Waals surface area contributed by atoms with E-state index in [2.05, 4.69) is 10.0 Å². The molecule has 7 nitrogen and oxygen atoms in total. The lowest BCUT2D eigenvalue weighted by Gasteiger charge is -2.17. The van der Waals surface area contributed by atoms with Crippen LogP contribution in [0.2, 0.25) is 0 Å². The number of hydrogen-bond donors (Lipinski definition) is 2. The summed E-state index contributed by atoms with van der Waals surface area (Å²) in [4.78, 5) is 23.0. The number of hydrogen-bond acceptors (Lipinski definition) is 5. The van der Waals surface area contributed by atoms with Gasteiger partial charge in [0.2, 0.25) is 15.9 Å². The molecule has 2 N–H and O–H groups in total. The second kappa shape index (κ2) is 7.91. The first-order chi connectivity index (χ1) is 11.8. The third-order valence-electron chi connectivity index (χ3n) is 3.33. The third-order valence-corrected chi connectivity index (χ3v) is 4.77. The lowest BCUT2D eigenvalue weighted by atomic mass is 10.1. The van der Waals surface area contributed by atoms with Crippen LogP contribution in [-0.4, -0.2) is 27.4 Å². The maximum atomic E-state index is 12.6. The van der Waals surface area contributed by atoms with Gasteiger partial charge in [-0.2, -0.15) is 4.72 Å². The smallest absolute Gasteiger partial charge is 0.328 e. The minimum absolute atomic E-state index is 0.0357. The van der Waals surface area contributed by atoms with Gasteiger partial charge in [0, 0.05) is 12.6 Å². The molecule has 0 aliphatic rings. The average molecular weight is 362 g/mol. The summed E-state index contributed by atoms with van der Waals surface area (Å²) in [5.74, 6) is -0.979. The number of amides is 1. The normalized spacial score (nSPS) is 12.2. The number of ether oxygens (including phenoxy) is 1. The molecule has 0 spiro atoms. The number of nitrogens with one attached hydrogen (secondary N) is 2. The first kappa shape index (κ1) is 18.6. The van der Waals surface area contributed by atoms with Crippen molar-refractivity contribution in [3.63, 3.8) is 0 Å². The summed E-state index contributed by atoms with van der Waals surface area (Å²) in [6.07, 6.45) is 0. The van der Waals surface area contributed by atoms with Crippen LogP contribution in [0.15, 0.2) is 59.5 Å². The van der Waals surface area contributed by atoms with E-state index in [-0.39, 0.29) is 10.8 Å². The Morgan fingerprint density at radius 1 is 1.00 bits per heavy atom. The fraction of sp³-hybridized carbons (Fsp3) is 0.176. The molecule has 1 unspecified atom stereocenters. The lowest BCUT2D eigenvalue weighted by Crippen LogP contribution is -2.34. The zero-order valence-electron chi connectivity index (χ0n) is 13.7. The van der Waals surface area contributed by atoms with Crippen molar-refractivity contribution in [1.82, 2.24) is 4.72 Å². The summed E-state index contributed by atoms with van der Waals surface area (Å²) >= 11 is 0. The molecule has 0 heterocycles. The number of carbonyl (C=O) groups excluding carboxylic acids is 2. The average Bonchev–Trinajstić information content (AvgIpc) is 2.60. The fourth-order valence-electron chi connectivity index (χ4n) is 2.16. The van der Waals surface area contributed by atoms with Crippen LogP contribution in [0.4, 0.5) is 5.69 Å². The van der Waals surface area contributed by atoms with Crippen molar-refractivity contribution in [1.29, 1.82) is 0 Å². The summed E-state index contributed by atoms with van der Waals surface area (Å²) in [6, 6.07) is 12.9. The predicted molar refractivity (Wildman–Crippen MR) is 92.3 cm³/mol.